The van der Waals surface area contributed by atoms with Crippen molar-refractivity contribution in [3.63, 3.8) is 0 Å². The van der Waals surface area contributed by atoms with Crippen LogP contribution in [0.5, 0.6) is 0 Å². The zero-order chi connectivity index (χ0) is 5.70. The Hall–Kier alpha value is 0.470. The maximum absolute atomic E-state index is 11.6. The van der Waals surface area contributed by atoms with Gasteiger partial charge in [0, 0.05) is 5.88 Å². The van der Waals surface area contributed by atoms with Gasteiger partial charge in [0.15, 0.2) is 0 Å². The molecule has 4 heteroatoms. The maximum Gasteiger partial charge on any atom is 0.148 e. The normalized spacial score (nSPS) is 12.4. The molecule has 0 aliphatic heterocycles. The largest absolute Gasteiger partial charge is 0.302 e. The molecule has 2 N–H and O–H groups in total. The van der Waals surface area contributed by atoms with E-state index in [0.717, 1.165) is 0 Å². The van der Waals surface area contributed by atoms with Crippen molar-refractivity contribution in [2.24, 2.45) is 5.73 Å². The molecule has 0 heterocycles. The van der Waals surface area contributed by atoms with Crippen LogP contribution < -0.4 is 5.73 Å². The molecule has 0 amide bonds. The fourth-order valence-corrected chi connectivity index (χ4v) is 0.426. The van der Waals surface area contributed by atoms with E-state index in [2.05, 4.69) is 0 Å². The molecule has 0 saturated heterocycles. The lowest BCUT2D eigenvalue weighted by Crippen LogP contribution is -2.12. The summed E-state index contributed by atoms with van der Waals surface area (Å²) in [6.07, 6.45) is -0.137. The number of hydrogen-bond donors (Lipinski definition) is 1. The first-order valence-corrected chi connectivity index (χ1v) is 2.76. The van der Waals surface area contributed by atoms with E-state index in [9.17, 15) is 4.39 Å². The molecule has 0 aromatic heterocycles. The molecular weight excluding hydrogens is 152 g/mol. The molecule has 0 aromatic rings. The standard InChI is InChI=1S/C4H9ClFN.ClH/c5-3-1-2-4(6)7;/h4H,1-3,7H2;1H/t4-;/m0./s1. The molecule has 1 nitrogen and oxygen atoms in total. The number of nitrogens with two attached hydrogens (primary N) is 1. The highest BCUT2D eigenvalue weighted by Crippen LogP contribution is 1.95. The van der Waals surface area contributed by atoms with Crippen molar-refractivity contribution in [3.8, 4) is 0 Å². The highest BCUT2D eigenvalue weighted by Gasteiger charge is 1.93. The van der Waals surface area contributed by atoms with Crippen LogP contribution in [0.15, 0.2) is 0 Å². The predicted octanol–water partition coefficient (Wildman–Crippen LogP) is 1.68. The average Bonchev–Trinajstić information content (AvgIpc) is 1.61. The van der Waals surface area contributed by atoms with Crippen LogP contribution in [0.3, 0.4) is 0 Å². The van der Waals surface area contributed by atoms with Crippen molar-refractivity contribution < 1.29 is 4.39 Å². The Balaban J connectivity index is 0. The molecule has 1 atom stereocenters. The average molecular weight is 162 g/mol. The van der Waals surface area contributed by atoms with Crippen molar-refractivity contribution in [2.75, 3.05) is 5.88 Å². The third-order valence-corrected chi connectivity index (χ3v) is 0.881. The van der Waals surface area contributed by atoms with Crippen molar-refractivity contribution in [3.05, 3.63) is 0 Å². The molecule has 0 rings (SSSR count). The van der Waals surface area contributed by atoms with Gasteiger partial charge in [0.1, 0.15) is 6.30 Å². The van der Waals surface area contributed by atoms with E-state index in [0.29, 0.717) is 18.7 Å². The van der Waals surface area contributed by atoms with Gasteiger partial charge in [-0.05, 0) is 12.8 Å². The van der Waals surface area contributed by atoms with Gasteiger partial charge in [-0.2, -0.15) is 0 Å². The van der Waals surface area contributed by atoms with Gasteiger partial charge in [-0.3, -0.25) is 0 Å². The number of halogens is 3. The van der Waals surface area contributed by atoms with Crippen LogP contribution in [-0.2, 0) is 0 Å². The van der Waals surface area contributed by atoms with Crippen molar-refractivity contribution in [1.29, 1.82) is 0 Å². The van der Waals surface area contributed by atoms with Crippen LogP contribution in [-0.4, -0.2) is 12.2 Å². The highest BCUT2D eigenvalue weighted by atomic mass is 35.5. The van der Waals surface area contributed by atoms with Gasteiger partial charge in [0.05, 0.1) is 0 Å². The number of rotatable bonds is 3. The lowest BCUT2D eigenvalue weighted by molar-refractivity contribution is 0.322. The molecule has 0 bridgehead atoms. The Morgan fingerprint density at radius 3 is 2.25 bits per heavy atom. The molecule has 0 aliphatic carbocycles. The summed E-state index contributed by atoms with van der Waals surface area (Å²) in [4.78, 5) is 0. The first kappa shape index (κ1) is 11.3. The van der Waals surface area contributed by atoms with Crippen molar-refractivity contribution in [1.82, 2.24) is 0 Å². The molecule has 0 radical (unpaired) electrons. The monoisotopic (exact) mass is 161 g/mol. The van der Waals surface area contributed by atoms with E-state index >= 15 is 0 Å². The topological polar surface area (TPSA) is 26.0 Å². The molecule has 0 saturated carbocycles. The molecule has 0 spiro atoms. The Morgan fingerprint density at radius 2 is 2.12 bits per heavy atom. The molecule has 0 unspecified atom stereocenters. The molecule has 8 heavy (non-hydrogen) atoms. The van der Waals surface area contributed by atoms with Crippen LogP contribution in [0.4, 0.5) is 4.39 Å². The van der Waals surface area contributed by atoms with Crippen LogP contribution in [0, 0.1) is 0 Å². The summed E-state index contributed by atoms with van der Waals surface area (Å²) in [7, 11) is 0. The zero-order valence-corrected chi connectivity index (χ0v) is 6.01. The molecular formula is C4H10Cl2FN. The Bertz CT molecular complexity index is 43.0. The van der Waals surface area contributed by atoms with Gasteiger partial charge in [0.2, 0.25) is 0 Å². The fraction of sp³-hybridized carbons (Fsp3) is 1.00. The lowest BCUT2D eigenvalue weighted by Gasteiger charge is -1.94. The lowest BCUT2D eigenvalue weighted by atomic mass is 10.3. The van der Waals surface area contributed by atoms with Crippen LogP contribution >= 0.6 is 24.0 Å². The summed E-state index contributed by atoms with van der Waals surface area (Å²) in [5.41, 5.74) is 4.75. The van der Waals surface area contributed by atoms with Gasteiger partial charge < -0.3 is 5.73 Å². The second-order valence-corrected chi connectivity index (χ2v) is 1.73. The van der Waals surface area contributed by atoms with Gasteiger partial charge in [-0.25, -0.2) is 4.39 Å². The van der Waals surface area contributed by atoms with E-state index in [1.165, 1.54) is 0 Å². The summed E-state index contributed by atoms with van der Waals surface area (Å²) in [5, 5.41) is 0. The molecule has 0 aromatic carbocycles. The molecule has 0 fully saturated rings. The summed E-state index contributed by atoms with van der Waals surface area (Å²) >= 11 is 5.22. The summed E-state index contributed by atoms with van der Waals surface area (Å²) in [6, 6.07) is 0. The van der Waals surface area contributed by atoms with E-state index in [-0.39, 0.29) is 12.4 Å². The smallest absolute Gasteiger partial charge is 0.148 e. The number of hydrogen-bond acceptors (Lipinski definition) is 1. The van der Waals surface area contributed by atoms with Crippen molar-refractivity contribution >= 4 is 24.0 Å². The Labute approximate surface area is 59.8 Å². The van der Waals surface area contributed by atoms with Gasteiger partial charge in [-0.1, -0.05) is 0 Å². The zero-order valence-electron chi connectivity index (χ0n) is 4.44. The van der Waals surface area contributed by atoms with Crippen LogP contribution in [0.2, 0.25) is 0 Å². The number of alkyl halides is 2. The third kappa shape index (κ3) is 9.69. The minimum absolute atomic E-state index is 0. The SMILES string of the molecule is Cl.N[C@H](F)CCCCl. The van der Waals surface area contributed by atoms with Crippen molar-refractivity contribution in [2.45, 2.75) is 19.1 Å². The fourth-order valence-electron chi connectivity index (χ4n) is 0.272. The van der Waals surface area contributed by atoms with E-state index in [4.69, 9.17) is 17.3 Å². The van der Waals surface area contributed by atoms with Crippen LogP contribution in [0.25, 0.3) is 0 Å². The highest BCUT2D eigenvalue weighted by molar-refractivity contribution is 6.17. The van der Waals surface area contributed by atoms with Gasteiger partial charge in [0.25, 0.3) is 0 Å². The first-order valence-electron chi connectivity index (χ1n) is 2.23. The second kappa shape index (κ2) is 7.47. The van der Waals surface area contributed by atoms with Gasteiger partial charge in [-0.15, -0.1) is 24.0 Å². The van der Waals surface area contributed by atoms with E-state index < -0.39 is 6.30 Å². The third-order valence-electron chi connectivity index (χ3n) is 0.614. The minimum atomic E-state index is -1.18. The Kier molecular flexibility index (Phi) is 10.5. The molecule has 0 aliphatic rings. The first-order chi connectivity index (χ1) is 3.27. The quantitative estimate of drug-likeness (QED) is 0.495. The minimum Gasteiger partial charge on any atom is -0.302 e. The van der Waals surface area contributed by atoms with E-state index in [1.807, 2.05) is 0 Å². The van der Waals surface area contributed by atoms with Crippen LogP contribution in [0.1, 0.15) is 12.8 Å². The maximum atomic E-state index is 11.6. The summed E-state index contributed by atoms with van der Waals surface area (Å²) < 4.78 is 11.6. The van der Waals surface area contributed by atoms with E-state index in [1.54, 1.807) is 0 Å². The molecule has 52 valence electrons. The van der Waals surface area contributed by atoms with Gasteiger partial charge >= 0.3 is 0 Å². The summed E-state index contributed by atoms with van der Waals surface area (Å²) in [5.74, 6) is 0.498. The Morgan fingerprint density at radius 1 is 1.62 bits per heavy atom. The second-order valence-electron chi connectivity index (χ2n) is 1.35. The summed E-state index contributed by atoms with van der Waals surface area (Å²) in [6.45, 7) is 0. The predicted molar refractivity (Wildman–Crippen MR) is 36.3 cm³/mol.